The fourth-order valence-electron chi connectivity index (χ4n) is 6.68. The molecule has 0 saturated carbocycles. The summed E-state index contributed by atoms with van der Waals surface area (Å²) in [7, 11) is -3.80. The molecule has 16 nitrogen and oxygen atoms in total. The number of carbonyl (C=O) groups excluding carboxylic acids is 2. The number of amides is 2. The summed E-state index contributed by atoms with van der Waals surface area (Å²) in [5.74, 6) is -0.0370. The molecule has 3 aromatic carbocycles. The van der Waals surface area contributed by atoms with Crippen LogP contribution in [-0.2, 0) is 30.9 Å². The molecular weight excluding hydrogens is 777 g/mol. The molecule has 2 unspecified atom stereocenters. The monoisotopic (exact) mass is 834 g/mol. The Morgan fingerprint density at radius 2 is 1.76 bits per heavy atom. The predicted octanol–water partition coefficient (Wildman–Crippen LogP) is 3.67. The summed E-state index contributed by atoms with van der Waals surface area (Å²) in [6.45, 7) is 10.0. The van der Waals surface area contributed by atoms with Crippen molar-refractivity contribution in [3.63, 3.8) is 0 Å². The summed E-state index contributed by atoms with van der Waals surface area (Å²) in [4.78, 5) is 30.6. The molecule has 0 spiro atoms. The predicted molar refractivity (Wildman–Crippen MR) is 228 cm³/mol. The average molecular weight is 835 g/mol. The van der Waals surface area contributed by atoms with E-state index in [0.29, 0.717) is 54.4 Å². The van der Waals surface area contributed by atoms with Crippen LogP contribution in [0, 0.1) is 5.92 Å². The fraction of sp³-hybridized carbons (Fsp3) is 0.452. The van der Waals surface area contributed by atoms with Crippen molar-refractivity contribution in [3.05, 3.63) is 83.4 Å². The Kier molecular flexibility index (Phi) is 15.8. The highest BCUT2D eigenvalue weighted by molar-refractivity contribution is 7.89. The molecular formula is C42H58N8O8S. The van der Waals surface area contributed by atoms with Crippen LogP contribution < -0.4 is 27.4 Å². The molecule has 2 atom stereocenters. The van der Waals surface area contributed by atoms with Crippen LogP contribution in [0.4, 0.5) is 16.2 Å². The normalized spacial score (nSPS) is 15.9. The molecule has 0 radical (unpaired) electrons. The number of nitrogens with zero attached hydrogens (tertiary/aromatic N) is 3. The molecule has 2 heterocycles. The van der Waals surface area contributed by atoms with Crippen molar-refractivity contribution < 1.29 is 37.7 Å². The van der Waals surface area contributed by atoms with Crippen LogP contribution in [0.3, 0.4) is 0 Å². The van der Waals surface area contributed by atoms with Crippen LogP contribution in [0.1, 0.15) is 58.1 Å². The summed E-state index contributed by atoms with van der Waals surface area (Å²) in [6, 6.07) is 19.2. The van der Waals surface area contributed by atoms with Crippen molar-refractivity contribution in [2.75, 3.05) is 51.1 Å². The quantitative estimate of drug-likeness (QED) is 0.0677. The van der Waals surface area contributed by atoms with Gasteiger partial charge in [0.25, 0.3) is 0 Å². The van der Waals surface area contributed by atoms with E-state index in [9.17, 15) is 28.2 Å². The number of sulfonamides is 1. The number of benzene rings is 3. The van der Waals surface area contributed by atoms with Gasteiger partial charge in [0.1, 0.15) is 18.7 Å². The van der Waals surface area contributed by atoms with E-state index < -0.39 is 34.4 Å². The molecule has 2 aliphatic rings. The van der Waals surface area contributed by atoms with E-state index in [-0.39, 0.29) is 55.9 Å². The summed E-state index contributed by atoms with van der Waals surface area (Å²) >= 11 is 0. The number of aliphatic imine (C=N–C) groups is 1. The minimum atomic E-state index is -3.80. The average Bonchev–Trinajstić information content (AvgIpc) is 3.34. The number of alkyl carbamates (subject to hydrolysis) is 1. The molecule has 3 aromatic rings. The number of fused-ring (bicyclic) bond motifs is 1. The lowest BCUT2D eigenvalue weighted by molar-refractivity contribution is -0.181. The first-order valence-corrected chi connectivity index (χ1v) is 21.3. The molecule has 1 fully saturated rings. The van der Waals surface area contributed by atoms with Gasteiger partial charge in [-0.2, -0.15) is 4.31 Å². The third-order valence-electron chi connectivity index (χ3n) is 9.67. The van der Waals surface area contributed by atoms with Crippen LogP contribution in [0.2, 0.25) is 0 Å². The minimum absolute atomic E-state index is 0.0301. The molecule has 5 rings (SSSR count). The van der Waals surface area contributed by atoms with Gasteiger partial charge >= 0.3 is 6.09 Å². The Hall–Kier alpha value is -4.72. The van der Waals surface area contributed by atoms with Crippen molar-refractivity contribution >= 4 is 45.3 Å². The molecule has 0 bridgehead atoms. The van der Waals surface area contributed by atoms with E-state index in [4.69, 9.17) is 20.9 Å². The number of aliphatic hydroxyl groups excluding tert-OH is 2. The number of nitrogens with one attached hydrogen (secondary N) is 3. The number of nitrogens with two attached hydrogens (primary N) is 2. The number of aliphatic hydroxyl groups is 2. The van der Waals surface area contributed by atoms with Crippen LogP contribution >= 0.6 is 0 Å². The van der Waals surface area contributed by atoms with Crippen molar-refractivity contribution in [3.8, 4) is 11.1 Å². The minimum Gasteiger partial charge on any atom is -0.445 e. The van der Waals surface area contributed by atoms with Gasteiger partial charge in [0.15, 0.2) is 0 Å². The molecule has 2 amide bonds. The first-order valence-electron chi connectivity index (χ1n) is 19.8. The third kappa shape index (κ3) is 13.1. The largest absolute Gasteiger partial charge is 0.445 e. The molecule has 320 valence electrons. The number of rotatable bonds is 19. The highest BCUT2D eigenvalue weighted by Crippen LogP contribution is 2.34. The Labute approximate surface area is 346 Å². The number of anilines is 1. The zero-order chi connectivity index (χ0) is 42.7. The molecule has 0 aliphatic carbocycles. The maximum Gasteiger partial charge on any atom is 0.407 e. The standard InChI is InChI=1S/C42H58N8O8S/c1-5-17-49(18-7-16-45-41(54)58-42(2,3)4)39(52)33-19-32-13-12-31(21-36(32)48-37(44)22-33)30-8-6-9-35(20-30)59(55,56)50-25-29(26-50)24-46-40(53)57-27-28-10-14-34(15-11-28)47-38(51)23-43/h6,8-15,19-21,29,39,41,45,52,54H,5,7,16-18,22-27,43H2,1-4H3,(H2,44,48)(H,46,53)(H,47,51). The van der Waals surface area contributed by atoms with Gasteiger partial charge in [-0.15, -0.1) is 0 Å². The highest BCUT2D eigenvalue weighted by Gasteiger charge is 2.37. The first kappa shape index (κ1) is 45.4. The van der Waals surface area contributed by atoms with Gasteiger partial charge in [0, 0.05) is 62.9 Å². The Bertz CT molecular complexity index is 2080. The van der Waals surface area contributed by atoms with E-state index in [0.717, 1.165) is 23.1 Å². The lowest BCUT2D eigenvalue weighted by Gasteiger charge is -2.38. The first-order chi connectivity index (χ1) is 28.0. The second-order valence-corrected chi connectivity index (χ2v) is 17.6. The smallest absolute Gasteiger partial charge is 0.407 e. The van der Waals surface area contributed by atoms with Crippen molar-refractivity contribution in [1.29, 1.82) is 0 Å². The zero-order valence-corrected chi connectivity index (χ0v) is 35.0. The number of hydrogen-bond donors (Lipinski definition) is 7. The second-order valence-electron chi connectivity index (χ2n) is 15.7. The Balaban J connectivity index is 1.15. The van der Waals surface area contributed by atoms with Gasteiger partial charge in [0.05, 0.1) is 22.7 Å². The van der Waals surface area contributed by atoms with Crippen LogP contribution in [-0.4, -0.2) is 110 Å². The van der Waals surface area contributed by atoms with E-state index in [1.54, 1.807) is 42.5 Å². The van der Waals surface area contributed by atoms with Crippen LogP contribution in [0.15, 0.2) is 82.2 Å². The topological polar surface area (TPSA) is 234 Å². The van der Waals surface area contributed by atoms with Crippen molar-refractivity contribution in [2.45, 2.75) is 76.7 Å². The van der Waals surface area contributed by atoms with Gasteiger partial charge in [-0.25, -0.2) is 18.2 Å². The van der Waals surface area contributed by atoms with Crippen molar-refractivity contribution in [2.24, 2.45) is 22.4 Å². The molecule has 0 aromatic heterocycles. The molecule has 59 heavy (non-hydrogen) atoms. The van der Waals surface area contributed by atoms with E-state index in [1.165, 1.54) is 4.31 Å². The fourth-order valence-corrected chi connectivity index (χ4v) is 8.32. The summed E-state index contributed by atoms with van der Waals surface area (Å²) < 4.78 is 39.4. The maximum absolute atomic E-state index is 13.6. The van der Waals surface area contributed by atoms with Gasteiger partial charge in [-0.1, -0.05) is 43.3 Å². The number of amidine groups is 1. The van der Waals surface area contributed by atoms with Gasteiger partial charge in [0.2, 0.25) is 22.3 Å². The van der Waals surface area contributed by atoms with E-state index >= 15 is 0 Å². The molecule has 9 N–H and O–H groups in total. The van der Waals surface area contributed by atoms with Gasteiger partial charge in [-0.3, -0.25) is 15.0 Å². The molecule has 2 aliphatic heterocycles. The van der Waals surface area contributed by atoms with Crippen molar-refractivity contribution in [1.82, 2.24) is 19.8 Å². The number of carbonyl (C=O) groups is 2. The maximum atomic E-state index is 13.6. The molecule has 1 saturated heterocycles. The van der Waals surface area contributed by atoms with E-state index in [1.807, 2.05) is 62.9 Å². The lowest BCUT2D eigenvalue weighted by atomic mass is 10.0. The molecule has 17 heteroatoms. The van der Waals surface area contributed by atoms with Crippen LogP contribution in [0.5, 0.6) is 0 Å². The Morgan fingerprint density at radius 3 is 2.46 bits per heavy atom. The van der Waals surface area contributed by atoms with Gasteiger partial charge < -0.3 is 41.8 Å². The highest BCUT2D eigenvalue weighted by atomic mass is 32.2. The number of hydrogen-bond acceptors (Lipinski definition) is 13. The summed E-state index contributed by atoms with van der Waals surface area (Å²) in [5, 5.41) is 29.9. The van der Waals surface area contributed by atoms with E-state index in [2.05, 4.69) is 20.9 Å². The third-order valence-corrected chi connectivity index (χ3v) is 11.5. The van der Waals surface area contributed by atoms with Crippen LogP contribution in [0.25, 0.3) is 17.2 Å². The zero-order valence-electron chi connectivity index (χ0n) is 34.2. The lowest BCUT2D eigenvalue weighted by Crippen LogP contribution is -2.53. The SMILES string of the molecule is CCCN(CCCNC(O)OC(C)(C)C)C(O)C1=Cc2ccc(-c3cccc(S(=O)(=O)N4CC(CNC(=O)OCc5ccc(NC(=O)CN)cc5)C4)c3)cc2N=C(N)C1. The number of ether oxygens (including phenoxy) is 2. The Morgan fingerprint density at radius 1 is 1.03 bits per heavy atom. The second kappa shape index (κ2) is 20.5. The van der Waals surface area contributed by atoms with Gasteiger partial charge in [-0.05, 0) is 92.3 Å². The summed E-state index contributed by atoms with van der Waals surface area (Å²) in [6.07, 6.45) is 1.09. The summed E-state index contributed by atoms with van der Waals surface area (Å²) in [5.41, 5.74) is 16.1.